The molecule has 5 heteroatoms. The lowest BCUT2D eigenvalue weighted by molar-refractivity contribution is -0.151. The molecular formula is C30H48O5. The number of aliphatic carboxylic acids is 1. The minimum Gasteiger partial charge on any atom is -0.490 e. The van der Waals surface area contributed by atoms with Crippen molar-refractivity contribution in [1.29, 1.82) is 0 Å². The standard InChI is InChI=1S/C30H48O5/c1-2-3-4-5-6-7-8-9-10-11-12-13-14-15-16-18-21-27(30(32)33)26-29(31)35-25-24-34-28-22-19-17-20-23-28/h16-20,22-23,27H,2-15,21,24-26H2,1H3,(H,32,33)/b18-16+. The molecule has 0 fully saturated rings. The molecule has 0 bridgehead atoms. The fourth-order valence-corrected chi connectivity index (χ4v) is 4.02. The van der Waals surface area contributed by atoms with E-state index in [1.54, 1.807) is 0 Å². The van der Waals surface area contributed by atoms with Gasteiger partial charge in [0, 0.05) is 0 Å². The summed E-state index contributed by atoms with van der Waals surface area (Å²) in [6.45, 7) is 2.61. The van der Waals surface area contributed by atoms with Gasteiger partial charge < -0.3 is 14.6 Å². The van der Waals surface area contributed by atoms with Gasteiger partial charge in [-0.1, -0.05) is 114 Å². The van der Waals surface area contributed by atoms with Gasteiger partial charge in [-0.05, 0) is 31.4 Å². The summed E-state index contributed by atoms with van der Waals surface area (Å²) >= 11 is 0. The van der Waals surface area contributed by atoms with Gasteiger partial charge in [-0.2, -0.15) is 0 Å². The maximum atomic E-state index is 12.0. The highest BCUT2D eigenvalue weighted by Crippen LogP contribution is 2.15. The monoisotopic (exact) mass is 488 g/mol. The van der Waals surface area contributed by atoms with Gasteiger partial charge in [-0.15, -0.1) is 0 Å². The third-order valence-electron chi connectivity index (χ3n) is 6.18. The Hall–Kier alpha value is -2.30. The first kappa shape index (κ1) is 30.7. The molecule has 198 valence electrons. The Morgan fingerprint density at radius 1 is 0.800 bits per heavy atom. The number of ether oxygens (including phenoxy) is 2. The first-order chi connectivity index (χ1) is 17.1. The quantitative estimate of drug-likeness (QED) is 0.0956. The molecule has 0 aliphatic heterocycles. The largest absolute Gasteiger partial charge is 0.490 e. The van der Waals surface area contributed by atoms with Gasteiger partial charge in [0.05, 0.1) is 12.3 Å². The van der Waals surface area contributed by atoms with Crippen LogP contribution in [0.15, 0.2) is 42.5 Å². The third-order valence-corrected chi connectivity index (χ3v) is 6.18. The van der Waals surface area contributed by atoms with Crippen LogP contribution in [0.25, 0.3) is 0 Å². The van der Waals surface area contributed by atoms with Crippen LogP contribution < -0.4 is 4.74 Å². The molecule has 0 amide bonds. The minimum absolute atomic E-state index is 0.106. The van der Waals surface area contributed by atoms with Gasteiger partial charge in [0.15, 0.2) is 0 Å². The highest BCUT2D eigenvalue weighted by molar-refractivity contribution is 5.78. The summed E-state index contributed by atoms with van der Waals surface area (Å²) in [5, 5.41) is 9.40. The topological polar surface area (TPSA) is 72.8 Å². The van der Waals surface area contributed by atoms with Gasteiger partial charge in [0.2, 0.25) is 0 Å². The number of hydrogen-bond donors (Lipinski definition) is 1. The summed E-state index contributed by atoms with van der Waals surface area (Å²) in [7, 11) is 0. The van der Waals surface area contributed by atoms with Crippen molar-refractivity contribution in [1.82, 2.24) is 0 Å². The number of benzene rings is 1. The Kier molecular flexibility index (Phi) is 19.5. The Morgan fingerprint density at radius 2 is 1.37 bits per heavy atom. The fourth-order valence-electron chi connectivity index (χ4n) is 4.02. The van der Waals surface area contributed by atoms with E-state index < -0.39 is 17.9 Å². The molecule has 1 aromatic carbocycles. The molecule has 35 heavy (non-hydrogen) atoms. The van der Waals surface area contributed by atoms with Crippen molar-refractivity contribution < 1.29 is 24.2 Å². The fraction of sp³-hybridized carbons (Fsp3) is 0.667. The maximum absolute atomic E-state index is 12.0. The first-order valence-electron chi connectivity index (χ1n) is 13.8. The molecule has 0 aliphatic carbocycles. The van der Waals surface area contributed by atoms with Crippen molar-refractivity contribution in [2.24, 2.45) is 5.92 Å². The SMILES string of the molecule is CCCCCCCCCCCCCCC/C=C/CC(CC(=O)OCCOc1ccccc1)C(=O)O. The molecule has 1 atom stereocenters. The van der Waals surface area contributed by atoms with Crippen LogP contribution in [0.4, 0.5) is 0 Å². The first-order valence-corrected chi connectivity index (χ1v) is 13.8. The zero-order valence-corrected chi connectivity index (χ0v) is 21.9. The predicted molar refractivity (Wildman–Crippen MR) is 143 cm³/mol. The second kappa shape index (κ2) is 22.2. The van der Waals surface area contributed by atoms with Crippen LogP contribution in [0.3, 0.4) is 0 Å². The lowest BCUT2D eigenvalue weighted by atomic mass is 10.0. The zero-order chi connectivity index (χ0) is 25.4. The molecule has 0 saturated carbocycles. The van der Waals surface area contributed by atoms with E-state index in [2.05, 4.69) is 6.92 Å². The van der Waals surface area contributed by atoms with Crippen molar-refractivity contribution in [3.05, 3.63) is 42.5 Å². The summed E-state index contributed by atoms with van der Waals surface area (Å²) in [6, 6.07) is 9.28. The van der Waals surface area contributed by atoms with E-state index in [0.29, 0.717) is 12.2 Å². The predicted octanol–water partition coefficient (Wildman–Crippen LogP) is 8.13. The van der Waals surface area contributed by atoms with Crippen molar-refractivity contribution in [3.63, 3.8) is 0 Å². The minimum atomic E-state index is -0.965. The van der Waals surface area contributed by atoms with E-state index in [0.717, 1.165) is 12.8 Å². The van der Waals surface area contributed by atoms with Gasteiger partial charge >= 0.3 is 11.9 Å². The second-order valence-electron chi connectivity index (χ2n) is 9.36. The number of unbranched alkanes of at least 4 members (excludes halogenated alkanes) is 13. The number of carbonyl (C=O) groups is 2. The lowest BCUT2D eigenvalue weighted by Crippen LogP contribution is -2.20. The van der Waals surface area contributed by atoms with Crippen LogP contribution >= 0.6 is 0 Å². The van der Waals surface area contributed by atoms with E-state index >= 15 is 0 Å². The number of allylic oxidation sites excluding steroid dienone is 2. The highest BCUT2D eigenvalue weighted by Gasteiger charge is 2.20. The van der Waals surface area contributed by atoms with Crippen LogP contribution in [0.5, 0.6) is 5.75 Å². The number of para-hydroxylation sites is 1. The normalized spacial score (nSPS) is 12.0. The third kappa shape index (κ3) is 18.7. The van der Waals surface area contributed by atoms with E-state index in [4.69, 9.17) is 9.47 Å². The number of carboxylic acid groups (broad SMARTS) is 1. The van der Waals surface area contributed by atoms with Crippen molar-refractivity contribution in [2.45, 2.75) is 110 Å². The summed E-state index contributed by atoms with van der Waals surface area (Å²) in [6.07, 6.45) is 22.5. The van der Waals surface area contributed by atoms with Crippen molar-refractivity contribution in [2.75, 3.05) is 13.2 Å². The van der Waals surface area contributed by atoms with Gasteiger partial charge in [-0.3, -0.25) is 9.59 Å². The molecule has 0 aliphatic rings. The van der Waals surface area contributed by atoms with E-state index in [1.807, 2.05) is 42.5 Å². The molecule has 0 radical (unpaired) electrons. The molecule has 1 rings (SSSR count). The Balaban J connectivity index is 1.99. The molecular weight excluding hydrogens is 440 g/mol. The maximum Gasteiger partial charge on any atom is 0.307 e. The Bertz CT molecular complexity index is 671. The molecule has 0 heterocycles. The van der Waals surface area contributed by atoms with Crippen LogP contribution in [0, 0.1) is 5.92 Å². The van der Waals surface area contributed by atoms with Crippen molar-refractivity contribution >= 4 is 11.9 Å². The molecule has 1 unspecified atom stereocenters. The van der Waals surface area contributed by atoms with Gasteiger partial charge in [0.1, 0.15) is 19.0 Å². The number of hydrogen-bond acceptors (Lipinski definition) is 4. The number of esters is 1. The Labute approximate surface area is 213 Å². The summed E-state index contributed by atoms with van der Waals surface area (Å²) in [5.41, 5.74) is 0. The summed E-state index contributed by atoms with van der Waals surface area (Å²) in [4.78, 5) is 23.5. The van der Waals surface area contributed by atoms with E-state index in [-0.39, 0.29) is 19.6 Å². The number of carboxylic acids is 1. The molecule has 0 saturated heterocycles. The van der Waals surface area contributed by atoms with Crippen LogP contribution in [0.1, 0.15) is 110 Å². The number of carbonyl (C=O) groups excluding carboxylic acids is 1. The second-order valence-corrected chi connectivity index (χ2v) is 9.36. The smallest absolute Gasteiger partial charge is 0.307 e. The molecule has 0 spiro atoms. The average molecular weight is 489 g/mol. The molecule has 1 aromatic rings. The molecule has 5 nitrogen and oxygen atoms in total. The number of rotatable bonds is 23. The molecule has 1 N–H and O–H groups in total. The Morgan fingerprint density at radius 3 is 1.94 bits per heavy atom. The highest BCUT2D eigenvalue weighted by atomic mass is 16.6. The van der Waals surface area contributed by atoms with Gasteiger partial charge in [0.25, 0.3) is 0 Å². The van der Waals surface area contributed by atoms with E-state index in [9.17, 15) is 14.7 Å². The van der Waals surface area contributed by atoms with Gasteiger partial charge in [-0.25, -0.2) is 0 Å². The average Bonchev–Trinajstić information content (AvgIpc) is 2.86. The molecule has 0 aromatic heterocycles. The summed E-state index contributed by atoms with van der Waals surface area (Å²) in [5.74, 6) is -1.51. The van der Waals surface area contributed by atoms with Crippen molar-refractivity contribution in [3.8, 4) is 5.75 Å². The van der Waals surface area contributed by atoms with Crippen LogP contribution in [0.2, 0.25) is 0 Å². The lowest BCUT2D eigenvalue weighted by Gasteiger charge is -2.10. The van der Waals surface area contributed by atoms with Crippen LogP contribution in [-0.2, 0) is 14.3 Å². The van der Waals surface area contributed by atoms with E-state index in [1.165, 1.54) is 77.0 Å². The zero-order valence-electron chi connectivity index (χ0n) is 21.9. The van der Waals surface area contributed by atoms with Crippen LogP contribution in [-0.4, -0.2) is 30.3 Å². The summed E-state index contributed by atoms with van der Waals surface area (Å²) < 4.78 is 10.6.